The van der Waals surface area contributed by atoms with Crippen LogP contribution < -0.4 is 5.73 Å². The number of aryl methyl sites for hydroxylation is 2. The molecule has 19 heavy (non-hydrogen) atoms. The topological polar surface area (TPSA) is 26.0 Å². The highest BCUT2D eigenvalue weighted by Gasteiger charge is 2.10. The van der Waals surface area contributed by atoms with E-state index in [1.165, 1.54) is 35.3 Å². The summed E-state index contributed by atoms with van der Waals surface area (Å²) < 4.78 is 0. The van der Waals surface area contributed by atoms with Crippen molar-refractivity contribution in [2.45, 2.75) is 36.5 Å². The van der Waals surface area contributed by atoms with Crippen LogP contribution in [0, 0.1) is 0 Å². The summed E-state index contributed by atoms with van der Waals surface area (Å²) in [5.41, 5.74) is 11.3. The van der Waals surface area contributed by atoms with Gasteiger partial charge in [0.2, 0.25) is 0 Å². The van der Waals surface area contributed by atoms with Crippen molar-refractivity contribution >= 4 is 11.8 Å². The lowest BCUT2D eigenvalue weighted by Gasteiger charge is -2.06. The Morgan fingerprint density at radius 2 is 1.63 bits per heavy atom. The summed E-state index contributed by atoms with van der Waals surface area (Å²) >= 11 is 1.92. The first-order valence-corrected chi connectivity index (χ1v) is 7.86. The molecule has 2 heteroatoms. The summed E-state index contributed by atoms with van der Waals surface area (Å²) in [4.78, 5) is 1.39. The van der Waals surface area contributed by atoms with Gasteiger partial charge in [-0.1, -0.05) is 30.3 Å². The van der Waals surface area contributed by atoms with E-state index in [4.69, 9.17) is 5.73 Å². The second-order valence-corrected chi connectivity index (χ2v) is 6.14. The molecule has 0 saturated heterocycles. The average Bonchev–Trinajstić information content (AvgIpc) is 2.93. The maximum Gasteiger partial charge on any atom is 0.0231 e. The Hall–Kier alpha value is -1.25. The summed E-state index contributed by atoms with van der Waals surface area (Å²) in [7, 11) is 0. The van der Waals surface area contributed by atoms with Crippen molar-refractivity contribution in [3.05, 3.63) is 64.7 Å². The van der Waals surface area contributed by atoms with E-state index in [0.29, 0.717) is 6.54 Å². The van der Waals surface area contributed by atoms with Crippen LogP contribution in [0.15, 0.2) is 47.4 Å². The molecular weight excluding hydrogens is 250 g/mol. The Kier molecular flexibility index (Phi) is 3.90. The van der Waals surface area contributed by atoms with Crippen LogP contribution in [-0.2, 0) is 25.1 Å². The molecule has 0 atom stereocenters. The minimum Gasteiger partial charge on any atom is -0.326 e. The molecule has 0 saturated carbocycles. The number of nitrogens with two attached hydrogens (primary N) is 1. The Morgan fingerprint density at radius 1 is 0.895 bits per heavy atom. The number of hydrogen-bond donors (Lipinski definition) is 1. The molecule has 0 aromatic heterocycles. The Balaban J connectivity index is 1.65. The molecule has 2 N–H and O–H groups in total. The van der Waals surface area contributed by atoms with Gasteiger partial charge in [0.05, 0.1) is 0 Å². The predicted octanol–water partition coefficient (Wildman–Crippen LogP) is 3.93. The first-order chi connectivity index (χ1) is 9.35. The summed E-state index contributed by atoms with van der Waals surface area (Å²) in [6.45, 7) is 0.623. The maximum atomic E-state index is 5.61. The molecule has 0 heterocycles. The van der Waals surface area contributed by atoms with Crippen molar-refractivity contribution in [3.8, 4) is 0 Å². The van der Waals surface area contributed by atoms with Crippen molar-refractivity contribution in [2.75, 3.05) is 0 Å². The Bertz CT molecular complexity index is 560. The molecule has 0 bridgehead atoms. The lowest BCUT2D eigenvalue weighted by atomic mass is 10.1. The van der Waals surface area contributed by atoms with E-state index in [9.17, 15) is 0 Å². The van der Waals surface area contributed by atoms with Crippen molar-refractivity contribution in [1.29, 1.82) is 0 Å². The van der Waals surface area contributed by atoms with Crippen molar-refractivity contribution < 1.29 is 0 Å². The molecule has 2 aromatic rings. The molecule has 0 spiro atoms. The number of thioether (sulfide) groups is 1. The highest BCUT2D eigenvalue weighted by atomic mass is 32.2. The molecule has 3 rings (SSSR count). The maximum absolute atomic E-state index is 5.61. The van der Waals surface area contributed by atoms with Gasteiger partial charge >= 0.3 is 0 Å². The van der Waals surface area contributed by atoms with E-state index < -0.39 is 0 Å². The molecule has 1 aliphatic rings. The molecular formula is C17H19NS. The number of benzene rings is 2. The van der Waals surface area contributed by atoms with Gasteiger partial charge in [0.15, 0.2) is 0 Å². The first kappa shape index (κ1) is 12.8. The van der Waals surface area contributed by atoms with Gasteiger partial charge in [-0.05, 0) is 53.6 Å². The molecule has 0 unspecified atom stereocenters. The lowest BCUT2D eigenvalue weighted by molar-refractivity contribution is 0.911. The normalized spacial score (nSPS) is 13.5. The summed E-state index contributed by atoms with van der Waals surface area (Å²) in [5, 5.41) is 0. The van der Waals surface area contributed by atoms with Crippen molar-refractivity contribution in [2.24, 2.45) is 5.73 Å². The minimum absolute atomic E-state index is 0.623. The fourth-order valence-corrected chi connectivity index (χ4v) is 3.49. The smallest absolute Gasteiger partial charge is 0.0231 e. The first-order valence-electron chi connectivity index (χ1n) is 6.87. The lowest BCUT2D eigenvalue weighted by Crippen LogP contribution is -1.95. The van der Waals surface area contributed by atoms with Gasteiger partial charge in [0.1, 0.15) is 0 Å². The molecule has 0 fully saturated rings. The molecule has 0 amide bonds. The zero-order valence-corrected chi connectivity index (χ0v) is 11.9. The predicted molar refractivity (Wildman–Crippen MR) is 82.4 cm³/mol. The molecule has 98 valence electrons. The third-order valence-corrected chi connectivity index (χ3v) is 4.80. The van der Waals surface area contributed by atoms with Gasteiger partial charge in [-0.2, -0.15) is 0 Å². The fourth-order valence-electron chi connectivity index (χ4n) is 2.58. The van der Waals surface area contributed by atoms with Crippen LogP contribution in [0.25, 0.3) is 0 Å². The van der Waals surface area contributed by atoms with E-state index >= 15 is 0 Å². The highest BCUT2D eigenvalue weighted by molar-refractivity contribution is 7.98. The van der Waals surface area contributed by atoms with Crippen LogP contribution in [0.1, 0.15) is 28.7 Å². The van der Waals surface area contributed by atoms with Crippen LogP contribution in [0.4, 0.5) is 0 Å². The standard InChI is InChI=1S/C17H19NS/c18-11-13-4-6-14(7-5-13)12-19-17-9-8-15-2-1-3-16(15)10-17/h4-10H,1-3,11-12,18H2. The Labute approximate surface area is 119 Å². The molecule has 1 nitrogen and oxygen atoms in total. The van der Waals surface area contributed by atoms with E-state index in [0.717, 1.165) is 5.75 Å². The van der Waals surface area contributed by atoms with E-state index in [-0.39, 0.29) is 0 Å². The van der Waals surface area contributed by atoms with E-state index in [1.807, 2.05) is 11.8 Å². The monoisotopic (exact) mass is 269 g/mol. The zero-order valence-electron chi connectivity index (χ0n) is 11.1. The van der Waals surface area contributed by atoms with Gasteiger partial charge in [0.25, 0.3) is 0 Å². The van der Waals surface area contributed by atoms with Crippen LogP contribution in [-0.4, -0.2) is 0 Å². The molecule has 2 aromatic carbocycles. The highest BCUT2D eigenvalue weighted by Crippen LogP contribution is 2.29. The van der Waals surface area contributed by atoms with Crippen molar-refractivity contribution in [3.63, 3.8) is 0 Å². The van der Waals surface area contributed by atoms with Gasteiger partial charge in [0, 0.05) is 17.2 Å². The van der Waals surface area contributed by atoms with Crippen molar-refractivity contribution in [1.82, 2.24) is 0 Å². The summed E-state index contributed by atoms with van der Waals surface area (Å²) in [5.74, 6) is 1.03. The Morgan fingerprint density at radius 3 is 2.42 bits per heavy atom. The third-order valence-electron chi connectivity index (χ3n) is 3.73. The number of fused-ring (bicyclic) bond motifs is 1. The fraction of sp³-hybridized carbons (Fsp3) is 0.294. The summed E-state index contributed by atoms with van der Waals surface area (Å²) in [6, 6.07) is 15.6. The minimum atomic E-state index is 0.623. The quantitative estimate of drug-likeness (QED) is 0.851. The van der Waals surface area contributed by atoms with Gasteiger partial charge in [-0.25, -0.2) is 0 Å². The zero-order chi connectivity index (χ0) is 13.1. The van der Waals surface area contributed by atoms with E-state index in [1.54, 1.807) is 11.1 Å². The largest absolute Gasteiger partial charge is 0.326 e. The summed E-state index contributed by atoms with van der Waals surface area (Å²) in [6.07, 6.45) is 3.85. The SMILES string of the molecule is NCc1ccc(CSc2ccc3c(c2)CCC3)cc1. The third kappa shape index (κ3) is 3.02. The second-order valence-electron chi connectivity index (χ2n) is 5.09. The van der Waals surface area contributed by atoms with Gasteiger partial charge < -0.3 is 5.73 Å². The van der Waals surface area contributed by atoms with Crippen LogP contribution in [0.3, 0.4) is 0 Å². The van der Waals surface area contributed by atoms with Gasteiger partial charge in [-0.15, -0.1) is 11.8 Å². The average molecular weight is 269 g/mol. The second kappa shape index (κ2) is 5.81. The van der Waals surface area contributed by atoms with E-state index in [2.05, 4.69) is 42.5 Å². The van der Waals surface area contributed by atoms with Crippen LogP contribution in [0.2, 0.25) is 0 Å². The molecule has 0 radical (unpaired) electrons. The molecule has 0 aliphatic heterocycles. The van der Waals surface area contributed by atoms with Gasteiger partial charge in [-0.3, -0.25) is 0 Å². The van der Waals surface area contributed by atoms with Crippen LogP contribution >= 0.6 is 11.8 Å². The number of rotatable bonds is 4. The molecule has 1 aliphatic carbocycles. The number of hydrogen-bond acceptors (Lipinski definition) is 2. The van der Waals surface area contributed by atoms with Crippen LogP contribution in [0.5, 0.6) is 0 Å².